The summed E-state index contributed by atoms with van der Waals surface area (Å²) in [5.41, 5.74) is 1.38. The number of rotatable bonds is 4. The lowest BCUT2D eigenvalue weighted by atomic mass is 10.2. The highest BCUT2D eigenvalue weighted by molar-refractivity contribution is 9.10. The largest absolute Gasteiger partial charge is 0.282 e. The fourth-order valence-electron chi connectivity index (χ4n) is 2.37. The zero-order valence-electron chi connectivity index (χ0n) is 13.0. The van der Waals surface area contributed by atoms with Crippen molar-refractivity contribution in [1.29, 1.82) is 0 Å². The Balaban J connectivity index is 2.13. The molecular weight excluding hydrogens is 390 g/mol. The first-order valence-corrected chi connectivity index (χ1v) is 8.76. The highest BCUT2D eigenvalue weighted by atomic mass is 79.9. The molecule has 2 aromatic carbocycles. The number of halogens is 2. The van der Waals surface area contributed by atoms with Crippen LogP contribution in [0.2, 0.25) is 5.02 Å². The Morgan fingerprint density at radius 3 is 2.71 bits per heavy atom. The zero-order valence-corrected chi connectivity index (χ0v) is 15.4. The predicted octanol–water partition coefficient (Wildman–Crippen LogP) is 4.65. The van der Waals surface area contributed by atoms with Gasteiger partial charge in [0.05, 0.1) is 17.1 Å². The maximum atomic E-state index is 12.8. The number of hydrogen-bond donors (Lipinski definition) is 0. The van der Waals surface area contributed by atoms with Crippen LogP contribution in [0.4, 0.5) is 0 Å². The molecule has 3 aromatic rings. The first kappa shape index (κ1) is 16.9. The Labute approximate surface area is 152 Å². The van der Waals surface area contributed by atoms with Gasteiger partial charge in [-0.15, -0.1) is 0 Å². The third-order valence-electron chi connectivity index (χ3n) is 3.54. The number of hydrogen-bond acceptors (Lipinski definition) is 3. The average molecular weight is 405 g/mol. The van der Waals surface area contributed by atoms with Gasteiger partial charge in [-0.3, -0.25) is 4.79 Å². The Bertz CT molecular complexity index is 964. The van der Waals surface area contributed by atoms with E-state index in [2.05, 4.69) is 26.0 Å². The van der Waals surface area contributed by atoms with Gasteiger partial charge < -0.3 is 0 Å². The molecule has 0 saturated carbocycles. The summed E-state index contributed by atoms with van der Waals surface area (Å²) in [5.74, 6) is 0.655. The Hall–Kier alpha value is -1.98. The van der Waals surface area contributed by atoms with Crippen LogP contribution in [-0.4, -0.2) is 15.9 Å². The Kier molecular flexibility index (Phi) is 5.11. The summed E-state index contributed by atoms with van der Waals surface area (Å²) in [4.78, 5) is 17.4. The molecule has 0 bridgehead atoms. The number of fused-ring (bicyclic) bond motifs is 1. The van der Waals surface area contributed by atoms with Crippen LogP contribution in [0.1, 0.15) is 24.7 Å². The van der Waals surface area contributed by atoms with Crippen LogP contribution in [0, 0.1) is 0 Å². The molecule has 0 spiro atoms. The van der Waals surface area contributed by atoms with Crippen LogP contribution in [0.15, 0.2) is 56.8 Å². The topological polar surface area (TPSA) is 47.2 Å². The number of benzene rings is 2. The van der Waals surface area contributed by atoms with Gasteiger partial charge in [-0.25, -0.2) is 4.98 Å². The van der Waals surface area contributed by atoms with E-state index >= 15 is 0 Å². The second kappa shape index (κ2) is 7.28. The van der Waals surface area contributed by atoms with Gasteiger partial charge in [0.2, 0.25) is 0 Å². The Morgan fingerprint density at radius 2 is 2.00 bits per heavy atom. The zero-order chi connectivity index (χ0) is 17.1. The van der Waals surface area contributed by atoms with Crippen molar-refractivity contribution in [2.24, 2.45) is 5.10 Å². The van der Waals surface area contributed by atoms with Crippen LogP contribution in [0.25, 0.3) is 10.9 Å². The summed E-state index contributed by atoms with van der Waals surface area (Å²) >= 11 is 9.28. The van der Waals surface area contributed by atoms with Gasteiger partial charge in [0.25, 0.3) is 5.56 Å². The van der Waals surface area contributed by atoms with Crippen molar-refractivity contribution in [3.8, 4) is 0 Å². The minimum atomic E-state index is -0.171. The average Bonchev–Trinajstić information content (AvgIpc) is 2.57. The minimum absolute atomic E-state index is 0.171. The fourth-order valence-corrected chi connectivity index (χ4v) is 2.86. The lowest BCUT2D eigenvalue weighted by molar-refractivity contribution is 0.704. The predicted molar refractivity (Wildman–Crippen MR) is 102 cm³/mol. The molecule has 3 rings (SSSR count). The molecule has 0 aliphatic carbocycles. The minimum Gasteiger partial charge on any atom is -0.267 e. The van der Waals surface area contributed by atoms with E-state index in [1.807, 2.05) is 31.2 Å². The van der Waals surface area contributed by atoms with Gasteiger partial charge in [0.1, 0.15) is 5.82 Å². The molecule has 0 atom stereocenters. The van der Waals surface area contributed by atoms with Crippen molar-refractivity contribution < 1.29 is 0 Å². The van der Waals surface area contributed by atoms with Crippen molar-refractivity contribution in [2.45, 2.75) is 19.8 Å². The summed E-state index contributed by atoms with van der Waals surface area (Å²) in [5, 5.41) is 5.56. The molecule has 0 amide bonds. The molecule has 122 valence electrons. The van der Waals surface area contributed by atoms with E-state index in [1.54, 1.807) is 24.4 Å². The number of aryl methyl sites for hydroxylation is 1. The van der Waals surface area contributed by atoms with Crippen LogP contribution in [-0.2, 0) is 6.42 Å². The molecule has 0 radical (unpaired) electrons. The molecule has 4 nitrogen and oxygen atoms in total. The monoisotopic (exact) mass is 403 g/mol. The highest BCUT2D eigenvalue weighted by Crippen LogP contribution is 2.16. The Morgan fingerprint density at radius 1 is 1.25 bits per heavy atom. The lowest BCUT2D eigenvalue weighted by Gasteiger charge is -2.08. The van der Waals surface area contributed by atoms with Gasteiger partial charge in [-0.05, 0) is 42.3 Å². The number of nitrogens with zero attached hydrogens (tertiary/aromatic N) is 3. The van der Waals surface area contributed by atoms with Crippen LogP contribution < -0.4 is 5.56 Å². The van der Waals surface area contributed by atoms with E-state index in [0.717, 1.165) is 16.5 Å². The molecule has 0 saturated heterocycles. The van der Waals surface area contributed by atoms with Gasteiger partial charge in [0, 0.05) is 15.9 Å². The van der Waals surface area contributed by atoms with E-state index in [-0.39, 0.29) is 5.56 Å². The van der Waals surface area contributed by atoms with Gasteiger partial charge in [-0.2, -0.15) is 9.78 Å². The molecule has 0 aliphatic rings. The summed E-state index contributed by atoms with van der Waals surface area (Å²) in [7, 11) is 0. The third-order valence-corrected chi connectivity index (χ3v) is 4.29. The van der Waals surface area contributed by atoms with Crippen molar-refractivity contribution >= 4 is 44.6 Å². The third kappa shape index (κ3) is 3.57. The van der Waals surface area contributed by atoms with E-state index in [1.165, 1.54) is 4.68 Å². The van der Waals surface area contributed by atoms with E-state index in [0.29, 0.717) is 28.2 Å². The van der Waals surface area contributed by atoms with Gasteiger partial charge in [-0.1, -0.05) is 46.6 Å². The van der Waals surface area contributed by atoms with Crippen LogP contribution in [0.3, 0.4) is 0 Å². The molecule has 24 heavy (non-hydrogen) atoms. The molecule has 6 heteroatoms. The molecule has 1 aromatic heterocycles. The SMILES string of the molecule is CCCc1nc2ccc(Br)cc2c(=O)n1N=Cc1ccc(Cl)cc1. The molecule has 0 aliphatic heterocycles. The highest BCUT2D eigenvalue weighted by Gasteiger charge is 2.10. The standard InChI is InChI=1S/C18H15BrClN3O/c1-2-3-17-22-16-9-6-13(19)10-15(16)18(24)23(17)21-11-12-4-7-14(20)8-5-12/h4-11H,2-3H2,1H3. The fraction of sp³-hybridized carbons (Fsp3) is 0.167. The lowest BCUT2D eigenvalue weighted by Crippen LogP contribution is -2.22. The molecule has 0 fully saturated rings. The summed E-state index contributed by atoms with van der Waals surface area (Å²) in [6.07, 6.45) is 3.20. The van der Waals surface area contributed by atoms with Crippen molar-refractivity contribution in [3.05, 3.63) is 73.7 Å². The van der Waals surface area contributed by atoms with Gasteiger partial charge in [0.15, 0.2) is 0 Å². The normalized spacial score (nSPS) is 11.5. The van der Waals surface area contributed by atoms with Crippen LogP contribution >= 0.6 is 27.5 Å². The quantitative estimate of drug-likeness (QED) is 0.594. The van der Waals surface area contributed by atoms with E-state index in [9.17, 15) is 4.79 Å². The maximum absolute atomic E-state index is 12.8. The summed E-state index contributed by atoms with van der Waals surface area (Å²) < 4.78 is 2.22. The molecule has 1 heterocycles. The molecule has 0 N–H and O–H groups in total. The van der Waals surface area contributed by atoms with Crippen molar-refractivity contribution in [1.82, 2.24) is 9.66 Å². The first-order valence-electron chi connectivity index (χ1n) is 7.59. The molecular formula is C18H15BrClN3O. The summed E-state index contributed by atoms with van der Waals surface area (Å²) in [6, 6.07) is 12.8. The number of aromatic nitrogens is 2. The van der Waals surface area contributed by atoms with Gasteiger partial charge >= 0.3 is 0 Å². The second-order valence-electron chi connectivity index (χ2n) is 5.35. The van der Waals surface area contributed by atoms with E-state index < -0.39 is 0 Å². The van der Waals surface area contributed by atoms with Crippen LogP contribution in [0.5, 0.6) is 0 Å². The maximum Gasteiger partial charge on any atom is 0.282 e. The summed E-state index contributed by atoms with van der Waals surface area (Å²) in [6.45, 7) is 2.05. The van der Waals surface area contributed by atoms with E-state index in [4.69, 9.17) is 11.6 Å². The first-order chi connectivity index (χ1) is 11.6. The smallest absolute Gasteiger partial charge is 0.267 e. The van der Waals surface area contributed by atoms with Crippen molar-refractivity contribution in [3.63, 3.8) is 0 Å². The van der Waals surface area contributed by atoms with Crippen molar-refractivity contribution in [2.75, 3.05) is 0 Å². The second-order valence-corrected chi connectivity index (χ2v) is 6.70. The molecule has 0 unspecified atom stereocenters.